The maximum absolute atomic E-state index is 12.6. The number of allylic oxidation sites excluding steroid dienone is 3. The number of carbonyl (C=O) groups is 3. The minimum atomic E-state index is -0.648. The molecule has 3 atom stereocenters. The van der Waals surface area contributed by atoms with Gasteiger partial charge in [0.05, 0.1) is 5.92 Å². The third kappa shape index (κ3) is 3.81. The molecule has 0 amide bonds. The Kier molecular flexibility index (Phi) is 5.37. The summed E-state index contributed by atoms with van der Waals surface area (Å²) in [5.74, 6) is -1.36. The van der Waals surface area contributed by atoms with E-state index in [1.54, 1.807) is 19.9 Å². The predicted octanol–water partition coefficient (Wildman–Crippen LogP) is 3.49. The van der Waals surface area contributed by atoms with E-state index in [-0.39, 0.29) is 23.5 Å². The van der Waals surface area contributed by atoms with Crippen LogP contribution in [0.3, 0.4) is 0 Å². The van der Waals surface area contributed by atoms with E-state index < -0.39 is 12.0 Å². The molecule has 1 aliphatic carbocycles. The van der Waals surface area contributed by atoms with Crippen LogP contribution < -0.4 is 0 Å². The Balaban J connectivity index is 2.43. The van der Waals surface area contributed by atoms with Crippen molar-refractivity contribution >= 4 is 17.5 Å². The average Bonchev–Trinajstić information content (AvgIpc) is 2.82. The highest BCUT2D eigenvalue weighted by Gasteiger charge is 2.36. The SMILES string of the molecule is C=C(C)C1CCC2=CC(OC2=O)C(C(=C)C)C(=O)C=C(C)C(=O)C1. The summed E-state index contributed by atoms with van der Waals surface area (Å²) in [6.07, 6.45) is 3.93. The summed E-state index contributed by atoms with van der Waals surface area (Å²) < 4.78 is 5.39. The van der Waals surface area contributed by atoms with E-state index in [0.29, 0.717) is 36.0 Å². The zero-order valence-corrected chi connectivity index (χ0v) is 14.6. The molecule has 0 saturated carbocycles. The lowest BCUT2D eigenvalue weighted by Gasteiger charge is -2.20. The van der Waals surface area contributed by atoms with Gasteiger partial charge >= 0.3 is 5.97 Å². The Bertz CT molecular complexity index is 678. The lowest BCUT2D eigenvalue weighted by Crippen LogP contribution is -2.28. The maximum Gasteiger partial charge on any atom is 0.334 e. The first-order valence-electron chi connectivity index (χ1n) is 8.18. The van der Waals surface area contributed by atoms with Crippen molar-refractivity contribution in [2.24, 2.45) is 11.8 Å². The third-order valence-corrected chi connectivity index (χ3v) is 4.73. The van der Waals surface area contributed by atoms with Crippen molar-refractivity contribution in [2.45, 2.75) is 46.1 Å². The molecule has 2 bridgehead atoms. The van der Waals surface area contributed by atoms with E-state index in [1.807, 2.05) is 6.92 Å². The van der Waals surface area contributed by atoms with Gasteiger partial charge < -0.3 is 4.74 Å². The molecule has 2 aliphatic rings. The minimum Gasteiger partial charge on any atom is -0.454 e. The molecular weight excluding hydrogens is 304 g/mol. The van der Waals surface area contributed by atoms with Crippen molar-refractivity contribution in [3.8, 4) is 0 Å². The summed E-state index contributed by atoms with van der Waals surface area (Å²) in [7, 11) is 0. The van der Waals surface area contributed by atoms with Crippen LogP contribution in [0.1, 0.15) is 40.0 Å². The first-order valence-corrected chi connectivity index (χ1v) is 8.18. The van der Waals surface area contributed by atoms with E-state index in [4.69, 9.17) is 4.74 Å². The monoisotopic (exact) mass is 328 g/mol. The number of Topliss-reactive ketones (excluding diaryl/α,β-unsaturated/α-hetero) is 1. The molecule has 24 heavy (non-hydrogen) atoms. The van der Waals surface area contributed by atoms with Crippen molar-refractivity contribution in [3.63, 3.8) is 0 Å². The summed E-state index contributed by atoms with van der Waals surface area (Å²) in [6.45, 7) is 13.1. The average molecular weight is 328 g/mol. The fraction of sp³-hybridized carbons (Fsp3) is 0.450. The second kappa shape index (κ2) is 7.12. The van der Waals surface area contributed by atoms with Gasteiger partial charge in [-0.15, -0.1) is 0 Å². The highest BCUT2D eigenvalue weighted by molar-refractivity contribution is 6.04. The van der Waals surface area contributed by atoms with E-state index in [1.165, 1.54) is 6.08 Å². The van der Waals surface area contributed by atoms with E-state index in [0.717, 1.165) is 5.57 Å². The summed E-state index contributed by atoms with van der Waals surface area (Å²) in [6, 6.07) is 0. The zero-order valence-electron chi connectivity index (χ0n) is 14.6. The molecule has 0 aromatic rings. The molecular formula is C20H24O4. The van der Waals surface area contributed by atoms with Crippen molar-refractivity contribution in [2.75, 3.05) is 0 Å². The molecule has 1 heterocycles. The molecule has 4 nitrogen and oxygen atoms in total. The predicted molar refractivity (Wildman–Crippen MR) is 92.2 cm³/mol. The number of hydrogen-bond donors (Lipinski definition) is 0. The topological polar surface area (TPSA) is 60.4 Å². The van der Waals surface area contributed by atoms with Crippen molar-refractivity contribution in [1.29, 1.82) is 0 Å². The summed E-state index contributed by atoms with van der Waals surface area (Å²) in [5.41, 5.74) is 2.51. The number of carbonyl (C=O) groups excluding carboxylic acids is 3. The number of fused-ring (bicyclic) bond motifs is 1. The number of rotatable bonds is 2. The van der Waals surface area contributed by atoms with Crippen LogP contribution in [-0.4, -0.2) is 23.6 Å². The number of esters is 1. The Labute approximate surface area is 143 Å². The van der Waals surface area contributed by atoms with Crippen LogP contribution in [-0.2, 0) is 19.1 Å². The Morgan fingerprint density at radius 1 is 1.17 bits per heavy atom. The fourth-order valence-electron chi connectivity index (χ4n) is 3.16. The molecule has 0 saturated heterocycles. The second-order valence-electron chi connectivity index (χ2n) is 6.82. The standard InChI is InChI=1S/C20H24O4/c1-11(2)14-6-7-15-10-18(24-20(15)23)19(12(3)4)17(22)8-13(5)16(21)9-14/h8,10,14,18-19H,1,3,6-7,9H2,2,4-5H3. The van der Waals surface area contributed by atoms with Gasteiger partial charge in [-0.05, 0) is 57.3 Å². The normalized spacial score (nSPS) is 28.3. The van der Waals surface area contributed by atoms with Crippen LogP contribution in [0, 0.1) is 11.8 Å². The smallest absolute Gasteiger partial charge is 0.334 e. The van der Waals surface area contributed by atoms with Crippen LogP contribution in [0.4, 0.5) is 0 Å². The highest BCUT2D eigenvalue weighted by Crippen LogP contribution is 2.31. The molecule has 128 valence electrons. The summed E-state index contributed by atoms with van der Waals surface area (Å²) in [5, 5.41) is 0. The molecule has 0 spiro atoms. The molecule has 0 fully saturated rings. The number of hydrogen-bond acceptors (Lipinski definition) is 4. The van der Waals surface area contributed by atoms with E-state index >= 15 is 0 Å². The van der Waals surface area contributed by atoms with E-state index in [2.05, 4.69) is 13.2 Å². The Morgan fingerprint density at radius 3 is 2.42 bits per heavy atom. The van der Waals surface area contributed by atoms with E-state index in [9.17, 15) is 14.4 Å². The summed E-state index contributed by atoms with van der Waals surface area (Å²) >= 11 is 0. The Morgan fingerprint density at radius 2 is 1.83 bits per heavy atom. The lowest BCUT2D eigenvalue weighted by molar-refractivity contribution is -0.142. The van der Waals surface area contributed by atoms with Gasteiger partial charge in [0.1, 0.15) is 6.10 Å². The van der Waals surface area contributed by atoms with Gasteiger partial charge in [-0.3, -0.25) is 9.59 Å². The van der Waals surface area contributed by atoms with Gasteiger partial charge in [-0.25, -0.2) is 4.79 Å². The molecule has 0 aromatic heterocycles. The number of ether oxygens (including phenoxy) is 1. The quantitative estimate of drug-likeness (QED) is 0.575. The first-order chi connectivity index (χ1) is 11.2. The highest BCUT2D eigenvalue weighted by atomic mass is 16.5. The fourth-order valence-corrected chi connectivity index (χ4v) is 3.16. The van der Waals surface area contributed by atoms with Crippen molar-refractivity contribution < 1.29 is 19.1 Å². The van der Waals surface area contributed by atoms with Gasteiger partial charge in [0.2, 0.25) is 0 Å². The van der Waals surface area contributed by atoms with Crippen LogP contribution >= 0.6 is 0 Å². The van der Waals surface area contributed by atoms with Crippen LogP contribution in [0.15, 0.2) is 47.6 Å². The first kappa shape index (κ1) is 18.1. The van der Waals surface area contributed by atoms with Crippen LogP contribution in [0.2, 0.25) is 0 Å². The van der Waals surface area contributed by atoms with Crippen molar-refractivity contribution in [3.05, 3.63) is 47.6 Å². The largest absolute Gasteiger partial charge is 0.454 e. The molecule has 0 N–H and O–H groups in total. The Hall–Kier alpha value is -2.23. The molecule has 0 radical (unpaired) electrons. The lowest BCUT2D eigenvalue weighted by atomic mass is 9.85. The van der Waals surface area contributed by atoms with Gasteiger partial charge in [-0.1, -0.05) is 24.3 Å². The third-order valence-electron chi connectivity index (χ3n) is 4.73. The zero-order chi connectivity index (χ0) is 18.0. The molecule has 0 aromatic carbocycles. The molecule has 4 heteroatoms. The molecule has 1 aliphatic heterocycles. The molecule has 2 rings (SSSR count). The van der Waals surface area contributed by atoms with Crippen LogP contribution in [0.25, 0.3) is 0 Å². The van der Waals surface area contributed by atoms with Crippen molar-refractivity contribution in [1.82, 2.24) is 0 Å². The van der Waals surface area contributed by atoms with Gasteiger partial charge in [-0.2, -0.15) is 0 Å². The minimum absolute atomic E-state index is 0.0138. The maximum atomic E-state index is 12.6. The van der Waals surface area contributed by atoms with Gasteiger partial charge in [0, 0.05) is 12.0 Å². The second-order valence-corrected chi connectivity index (χ2v) is 6.82. The number of ketones is 2. The summed E-state index contributed by atoms with van der Waals surface area (Å²) in [4.78, 5) is 37.1. The van der Waals surface area contributed by atoms with Crippen LogP contribution in [0.5, 0.6) is 0 Å². The molecule has 3 unspecified atom stereocenters. The van der Waals surface area contributed by atoms with Gasteiger partial charge in [0.15, 0.2) is 11.6 Å². The van der Waals surface area contributed by atoms with Gasteiger partial charge in [0.25, 0.3) is 0 Å².